The van der Waals surface area contributed by atoms with Crippen LogP contribution in [0.15, 0.2) is 78.9 Å². The summed E-state index contributed by atoms with van der Waals surface area (Å²) in [6.07, 6.45) is 0. The SMILES string of the molecule is COC(=O)C1=[N+](c2c(C)cc(C(=O)OCc3ccccc3)cc2C)c2ccc3ccccc3c2C1(C)C. The molecule has 1 aliphatic rings. The van der Waals surface area contributed by atoms with Crippen molar-refractivity contribution in [2.75, 3.05) is 7.11 Å². The zero-order chi connectivity index (χ0) is 26.3. The summed E-state index contributed by atoms with van der Waals surface area (Å²) in [5, 5.41) is 2.22. The molecule has 5 rings (SSSR count). The van der Waals surface area contributed by atoms with Crippen molar-refractivity contribution in [2.24, 2.45) is 0 Å². The Hall–Kier alpha value is -4.25. The molecule has 0 saturated heterocycles. The third-order valence-corrected chi connectivity index (χ3v) is 7.13. The predicted molar refractivity (Wildman–Crippen MR) is 147 cm³/mol. The normalized spacial score (nSPS) is 14.0. The van der Waals surface area contributed by atoms with Gasteiger partial charge in [0.2, 0.25) is 11.4 Å². The van der Waals surface area contributed by atoms with Crippen molar-refractivity contribution < 1.29 is 19.1 Å². The van der Waals surface area contributed by atoms with E-state index in [1.165, 1.54) is 7.11 Å². The van der Waals surface area contributed by atoms with Gasteiger partial charge in [-0.05, 0) is 62.2 Å². The minimum absolute atomic E-state index is 0.209. The van der Waals surface area contributed by atoms with Crippen LogP contribution in [0, 0.1) is 13.8 Å². The number of fused-ring (bicyclic) bond motifs is 3. The first-order chi connectivity index (χ1) is 17.7. The number of ether oxygens (including phenoxy) is 2. The van der Waals surface area contributed by atoms with E-state index in [0.29, 0.717) is 11.3 Å². The second-order valence-electron chi connectivity index (χ2n) is 10.0. The molecule has 0 saturated carbocycles. The first-order valence-corrected chi connectivity index (χ1v) is 12.3. The second-order valence-corrected chi connectivity index (χ2v) is 10.0. The topological polar surface area (TPSA) is 55.6 Å². The molecule has 4 aromatic carbocycles. The van der Waals surface area contributed by atoms with Gasteiger partial charge >= 0.3 is 11.9 Å². The van der Waals surface area contributed by atoms with Crippen molar-refractivity contribution in [3.05, 3.63) is 107 Å². The molecule has 0 N–H and O–H groups in total. The first-order valence-electron chi connectivity index (χ1n) is 12.3. The molecule has 0 aliphatic carbocycles. The molecule has 186 valence electrons. The van der Waals surface area contributed by atoms with Crippen LogP contribution in [0.25, 0.3) is 10.8 Å². The lowest BCUT2D eigenvalue weighted by atomic mass is 9.79. The molecule has 0 unspecified atom stereocenters. The fraction of sp³-hybridized carbons (Fsp3) is 0.219. The van der Waals surface area contributed by atoms with E-state index in [9.17, 15) is 9.59 Å². The molecular formula is C32H30NO4+. The summed E-state index contributed by atoms with van der Waals surface area (Å²) in [6.45, 7) is 8.24. The number of rotatable bonds is 5. The van der Waals surface area contributed by atoms with Gasteiger partial charge in [-0.15, -0.1) is 4.58 Å². The number of carbonyl (C=O) groups excluding carboxylic acids is 2. The molecule has 0 spiro atoms. The van der Waals surface area contributed by atoms with E-state index in [4.69, 9.17) is 9.47 Å². The molecule has 1 heterocycles. The number of nitrogens with zero attached hydrogens (tertiary/aromatic N) is 1. The fourth-order valence-electron chi connectivity index (χ4n) is 5.53. The summed E-state index contributed by atoms with van der Waals surface area (Å²) >= 11 is 0. The first kappa shape index (κ1) is 24.4. The summed E-state index contributed by atoms with van der Waals surface area (Å²) < 4.78 is 12.9. The number of hydrogen-bond acceptors (Lipinski definition) is 4. The van der Waals surface area contributed by atoms with Crippen molar-refractivity contribution in [1.29, 1.82) is 0 Å². The van der Waals surface area contributed by atoms with E-state index in [1.54, 1.807) is 0 Å². The number of esters is 2. The van der Waals surface area contributed by atoms with Gasteiger partial charge in [-0.25, -0.2) is 9.59 Å². The van der Waals surface area contributed by atoms with Crippen LogP contribution in [-0.2, 0) is 26.3 Å². The van der Waals surface area contributed by atoms with Crippen LogP contribution in [0.4, 0.5) is 11.4 Å². The maximum absolute atomic E-state index is 13.3. The average Bonchev–Trinajstić information content (AvgIpc) is 3.13. The van der Waals surface area contributed by atoms with Crippen LogP contribution in [0.3, 0.4) is 0 Å². The predicted octanol–water partition coefficient (Wildman–Crippen LogP) is 6.55. The maximum Gasteiger partial charge on any atom is 0.400 e. The standard InChI is InChI=1S/C32H30NO4/c1-20-17-24(30(34)37-19-22-11-7-6-8-12-22)18-21(2)28(20)33-26-16-15-23-13-9-10-14-25(23)27(26)32(3,4)29(33)31(35)36-5/h6-18H,19H2,1-5H3/q+1. The third kappa shape index (κ3) is 4.10. The van der Waals surface area contributed by atoms with Gasteiger partial charge in [-0.3, -0.25) is 0 Å². The monoisotopic (exact) mass is 492 g/mol. The Morgan fingerprint density at radius 1 is 0.838 bits per heavy atom. The van der Waals surface area contributed by atoms with E-state index in [1.807, 2.05) is 73.0 Å². The third-order valence-electron chi connectivity index (χ3n) is 7.13. The summed E-state index contributed by atoms with van der Waals surface area (Å²) in [5.74, 6) is -0.762. The quantitative estimate of drug-likeness (QED) is 0.234. The van der Waals surface area contributed by atoms with Gasteiger partial charge in [0.25, 0.3) is 5.71 Å². The van der Waals surface area contributed by atoms with Crippen LogP contribution in [0.2, 0.25) is 0 Å². The molecule has 5 nitrogen and oxygen atoms in total. The van der Waals surface area contributed by atoms with Crippen LogP contribution in [0.1, 0.15) is 46.5 Å². The van der Waals surface area contributed by atoms with Gasteiger partial charge in [0.05, 0.1) is 18.1 Å². The molecule has 0 radical (unpaired) electrons. The van der Waals surface area contributed by atoms with E-state index in [-0.39, 0.29) is 18.5 Å². The minimum atomic E-state index is -0.602. The van der Waals surface area contributed by atoms with Crippen LogP contribution in [0.5, 0.6) is 0 Å². The molecule has 0 fully saturated rings. The van der Waals surface area contributed by atoms with Crippen LogP contribution in [-0.4, -0.2) is 24.8 Å². The molecule has 37 heavy (non-hydrogen) atoms. The highest BCUT2D eigenvalue weighted by atomic mass is 16.5. The molecule has 0 atom stereocenters. The largest absolute Gasteiger partial charge is 0.461 e. The lowest BCUT2D eigenvalue weighted by Crippen LogP contribution is -2.37. The van der Waals surface area contributed by atoms with Crippen molar-refractivity contribution in [2.45, 2.75) is 39.7 Å². The molecular weight excluding hydrogens is 462 g/mol. The Labute approximate surface area is 217 Å². The minimum Gasteiger partial charge on any atom is -0.461 e. The van der Waals surface area contributed by atoms with Crippen molar-refractivity contribution in [3.63, 3.8) is 0 Å². The summed E-state index contributed by atoms with van der Waals surface area (Å²) in [7, 11) is 1.41. The highest BCUT2D eigenvalue weighted by Crippen LogP contribution is 2.47. The zero-order valence-corrected chi connectivity index (χ0v) is 21.8. The summed E-state index contributed by atoms with van der Waals surface area (Å²) in [6, 6.07) is 25.6. The highest BCUT2D eigenvalue weighted by Gasteiger charge is 2.52. The molecule has 1 aliphatic heterocycles. The van der Waals surface area contributed by atoms with E-state index in [0.717, 1.165) is 44.4 Å². The molecule has 0 amide bonds. The number of aryl methyl sites for hydroxylation is 2. The number of carbonyl (C=O) groups is 2. The Kier molecular flexibility index (Phi) is 6.16. The van der Waals surface area contributed by atoms with Crippen molar-refractivity contribution in [3.8, 4) is 0 Å². The maximum atomic E-state index is 13.3. The van der Waals surface area contributed by atoms with Gasteiger partial charge in [-0.1, -0.05) is 54.6 Å². The number of hydrogen-bond donors (Lipinski definition) is 0. The molecule has 0 aromatic heterocycles. The Morgan fingerprint density at radius 2 is 1.49 bits per heavy atom. The van der Waals surface area contributed by atoms with Gasteiger partial charge < -0.3 is 9.47 Å². The average molecular weight is 493 g/mol. The van der Waals surface area contributed by atoms with Gasteiger partial charge in [0, 0.05) is 22.8 Å². The van der Waals surface area contributed by atoms with Crippen LogP contribution >= 0.6 is 0 Å². The van der Waals surface area contributed by atoms with E-state index in [2.05, 4.69) is 38.1 Å². The lowest BCUT2D eigenvalue weighted by molar-refractivity contribution is -0.133. The van der Waals surface area contributed by atoms with E-state index < -0.39 is 5.41 Å². The lowest BCUT2D eigenvalue weighted by Gasteiger charge is -2.17. The Bertz CT molecular complexity index is 1560. The second kappa shape index (κ2) is 9.32. The van der Waals surface area contributed by atoms with Gasteiger partial charge in [0.15, 0.2) is 0 Å². The smallest absolute Gasteiger partial charge is 0.400 e. The van der Waals surface area contributed by atoms with E-state index >= 15 is 0 Å². The molecule has 0 bridgehead atoms. The Balaban J connectivity index is 1.63. The van der Waals surface area contributed by atoms with Gasteiger partial charge in [0.1, 0.15) is 6.61 Å². The highest BCUT2D eigenvalue weighted by molar-refractivity contribution is 6.43. The van der Waals surface area contributed by atoms with Crippen molar-refractivity contribution in [1.82, 2.24) is 4.58 Å². The van der Waals surface area contributed by atoms with Crippen LogP contribution < -0.4 is 4.58 Å². The zero-order valence-electron chi connectivity index (χ0n) is 21.8. The summed E-state index contributed by atoms with van der Waals surface area (Å²) in [4.78, 5) is 26.2. The number of benzene rings is 4. The molecule has 4 aromatic rings. The number of methoxy groups -OCH3 is 1. The fourth-order valence-corrected chi connectivity index (χ4v) is 5.53. The summed E-state index contributed by atoms with van der Waals surface area (Å²) in [5.41, 5.74) is 5.97. The van der Waals surface area contributed by atoms with Crippen molar-refractivity contribution >= 4 is 39.8 Å². The Morgan fingerprint density at radius 3 is 2.16 bits per heavy atom. The van der Waals surface area contributed by atoms with Gasteiger partial charge in [-0.2, -0.15) is 0 Å². The molecule has 5 heteroatoms.